The van der Waals surface area contributed by atoms with Crippen LogP contribution in [0.4, 0.5) is 0 Å². The first-order valence-electron chi connectivity index (χ1n) is 21.3. The summed E-state index contributed by atoms with van der Waals surface area (Å²) in [6.07, 6.45) is 0. The zero-order chi connectivity index (χ0) is 41.2. The molecule has 0 N–H and O–H groups in total. The minimum Gasteiger partial charge on any atom is -0.208 e. The van der Waals surface area contributed by atoms with Crippen LogP contribution in [-0.4, -0.2) is 15.0 Å². The van der Waals surface area contributed by atoms with E-state index in [4.69, 9.17) is 15.0 Å². The van der Waals surface area contributed by atoms with E-state index in [1.165, 1.54) is 66.1 Å². The number of hydrogen-bond acceptors (Lipinski definition) is 3. The highest BCUT2D eigenvalue weighted by Gasteiger charge is 2.46. The van der Waals surface area contributed by atoms with E-state index in [-0.39, 0.29) is 0 Å². The first-order valence-corrected chi connectivity index (χ1v) is 21.3. The molecule has 0 spiro atoms. The molecule has 3 heteroatoms. The third kappa shape index (κ3) is 5.63. The Morgan fingerprint density at radius 2 is 0.855 bits per heavy atom. The molecule has 0 saturated carbocycles. The van der Waals surface area contributed by atoms with Gasteiger partial charge in [0.25, 0.3) is 0 Å². The van der Waals surface area contributed by atoms with Crippen LogP contribution in [-0.2, 0) is 5.41 Å². The van der Waals surface area contributed by atoms with Crippen molar-refractivity contribution in [2.75, 3.05) is 0 Å². The second-order valence-electron chi connectivity index (χ2n) is 16.4. The van der Waals surface area contributed by atoms with Gasteiger partial charge in [-0.25, -0.2) is 15.0 Å². The topological polar surface area (TPSA) is 38.7 Å². The molecule has 11 aromatic rings. The van der Waals surface area contributed by atoms with Crippen molar-refractivity contribution in [3.05, 3.63) is 246 Å². The van der Waals surface area contributed by atoms with E-state index in [9.17, 15) is 0 Å². The van der Waals surface area contributed by atoms with Crippen molar-refractivity contribution in [2.45, 2.75) is 12.3 Å². The van der Waals surface area contributed by atoms with Gasteiger partial charge >= 0.3 is 0 Å². The van der Waals surface area contributed by atoms with Crippen LogP contribution >= 0.6 is 0 Å². The predicted octanol–water partition coefficient (Wildman–Crippen LogP) is 14.7. The van der Waals surface area contributed by atoms with Gasteiger partial charge in [-0.2, -0.15) is 0 Å². The third-order valence-electron chi connectivity index (χ3n) is 12.9. The van der Waals surface area contributed by atoms with Crippen LogP contribution < -0.4 is 0 Å². The number of hydrogen-bond donors (Lipinski definition) is 0. The van der Waals surface area contributed by atoms with Crippen molar-refractivity contribution in [1.29, 1.82) is 0 Å². The quantitative estimate of drug-likeness (QED) is 0.158. The molecular formula is C59H39N3. The molecule has 0 fully saturated rings. The molecule has 1 aliphatic carbocycles. The minimum atomic E-state index is -0.548. The lowest BCUT2D eigenvalue weighted by Gasteiger charge is -2.34. The van der Waals surface area contributed by atoms with Crippen LogP contribution in [0, 0.1) is 6.92 Å². The van der Waals surface area contributed by atoms with Crippen LogP contribution in [0.1, 0.15) is 27.8 Å². The Hall–Kier alpha value is -8.01. The van der Waals surface area contributed by atoms with Crippen LogP contribution in [0.3, 0.4) is 0 Å². The summed E-state index contributed by atoms with van der Waals surface area (Å²) in [5, 5.41) is 7.10. The largest absolute Gasteiger partial charge is 0.208 e. The fraction of sp³-hybridized carbons (Fsp3) is 0.0339. The molecule has 0 saturated heterocycles. The Balaban J connectivity index is 1.09. The summed E-state index contributed by atoms with van der Waals surface area (Å²) < 4.78 is 0. The van der Waals surface area contributed by atoms with Gasteiger partial charge in [0.2, 0.25) is 0 Å². The molecule has 0 atom stereocenters. The second-order valence-corrected chi connectivity index (χ2v) is 16.4. The normalized spacial score (nSPS) is 12.7. The van der Waals surface area contributed by atoms with Crippen molar-refractivity contribution in [3.63, 3.8) is 0 Å². The number of rotatable bonds is 6. The van der Waals surface area contributed by atoms with Crippen LogP contribution in [0.5, 0.6) is 0 Å². The lowest BCUT2D eigenvalue weighted by Crippen LogP contribution is -2.28. The number of nitrogens with zero attached hydrogens (tertiary/aromatic N) is 3. The number of aryl methyl sites for hydroxylation is 1. The van der Waals surface area contributed by atoms with E-state index >= 15 is 0 Å². The monoisotopic (exact) mass is 789 g/mol. The standard InChI is InChI=1S/C59H39N3/c1-38-27-33-48-41(35-38)16-14-25-46(48)39-28-30-40(31-29-39)56-60-57(62-58(61-56)53-36-42-15-8-9-21-47(42)49-22-10-11-23-50(49)53)43-32-34-52-51-24-12-13-26-54(51)59(55(52)37-43,44-17-4-2-5-18-44)45-19-6-3-7-20-45/h2-37H,1H3. The molecule has 1 aromatic heterocycles. The van der Waals surface area contributed by atoms with E-state index in [0.29, 0.717) is 17.5 Å². The average molecular weight is 790 g/mol. The molecule has 3 nitrogen and oxygen atoms in total. The lowest BCUT2D eigenvalue weighted by atomic mass is 9.67. The maximum absolute atomic E-state index is 5.41. The van der Waals surface area contributed by atoms with E-state index in [1.54, 1.807) is 0 Å². The van der Waals surface area contributed by atoms with E-state index in [1.807, 2.05) is 0 Å². The van der Waals surface area contributed by atoms with Crippen molar-refractivity contribution in [2.24, 2.45) is 0 Å². The summed E-state index contributed by atoms with van der Waals surface area (Å²) in [6, 6.07) is 78.8. The maximum Gasteiger partial charge on any atom is 0.164 e. The summed E-state index contributed by atoms with van der Waals surface area (Å²) in [5.74, 6) is 1.90. The molecule has 0 aliphatic heterocycles. The molecule has 62 heavy (non-hydrogen) atoms. The van der Waals surface area contributed by atoms with Gasteiger partial charge in [0.15, 0.2) is 17.5 Å². The second kappa shape index (κ2) is 14.3. The predicted molar refractivity (Wildman–Crippen MR) is 256 cm³/mol. The Bertz CT molecular complexity index is 3480. The molecule has 0 amide bonds. The molecule has 0 bridgehead atoms. The minimum absolute atomic E-state index is 0.548. The first-order chi connectivity index (χ1) is 30.6. The number of aromatic nitrogens is 3. The molecule has 0 radical (unpaired) electrons. The van der Waals surface area contributed by atoms with Crippen LogP contribution in [0.25, 0.3) is 88.7 Å². The van der Waals surface area contributed by atoms with E-state index in [0.717, 1.165) is 33.0 Å². The smallest absolute Gasteiger partial charge is 0.164 e. The van der Waals surface area contributed by atoms with Crippen molar-refractivity contribution >= 4 is 32.3 Å². The fourth-order valence-corrected chi connectivity index (χ4v) is 10.0. The number of benzene rings is 10. The zero-order valence-corrected chi connectivity index (χ0v) is 34.1. The van der Waals surface area contributed by atoms with E-state index < -0.39 is 5.41 Å². The Labute approximate surface area is 360 Å². The summed E-state index contributed by atoms with van der Waals surface area (Å²) in [4.78, 5) is 16.1. The number of fused-ring (bicyclic) bond motifs is 7. The Morgan fingerprint density at radius 1 is 0.306 bits per heavy atom. The molecule has 0 unspecified atom stereocenters. The summed E-state index contributed by atoms with van der Waals surface area (Å²) in [6.45, 7) is 2.14. The zero-order valence-electron chi connectivity index (χ0n) is 34.1. The van der Waals surface area contributed by atoms with Gasteiger partial charge in [-0.15, -0.1) is 0 Å². The molecule has 290 valence electrons. The average Bonchev–Trinajstić information content (AvgIpc) is 3.64. The van der Waals surface area contributed by atoms with Crippen LogP contribution in [0.2, 0.25) is 0 Å². The summed E-state index contributed by atoms with van der Waals surface area (Å²) in [7, 11) is 0. The Kier molecular flexibility index (Phi) is 8.29. The van der Waals surface area contributed by atoms with Crippen molar-refractivity contribution in [3.8, 4) is 56.4 Å². The van der Waals surface area contributed by atoms with Gasteiger partial charge in [0.05, 0.1) is 5.41 Å². The van der Waals surface area contributed by atoms with Crippen molar-refractivity contribution in [1.82, 2.24) is 15.0 Å². The molecular weight excluding hydrogens is 751 g/mol. The van der Waals surface area contributed by atoms with Gasteiger partial charge in [-0.3, -0.25) is 0 Å². The molecule has 12 rings (SSSR count). The van der Waals surface area contributed by atoms with Gasteiger partial charge in [-0.1, -0.05) is 212 Å². The summed E-state index contributed by atoms with van der Waals surface area (Å²) >= 11 is 0. The lowest BCUT2D eigenvalue weighted by molar-refractivity contribution is 0.768. The maximum atomic E-state index is 5.41. The molecule has 10 aromatic carbocycles. The van der Waals surface area contributed by atoms with Gasteiger partial charge in [0, 0.05) is 16.7 Å². The van der Waals surface area contributed by atoms with E-state index in [2.05, 4.69) is 225 Å². The highest BCUT2D eigenvalue weighted by molar-refractivity contribution is 6.13. The Morgan fingerprint density at radius 3 is 1.63 bits per heavy atom. The van der Waals surface area contributed by atoms with Gasteiger partial charge < -0.3 is 0 Å². The molecule has 1 heterocycles. The fourth-order valence-electron chi connectivity index (χ4n) is 10.0. The summed E-state index contributed by atoms with van der Waals surface area (Å²) in [5.41, 5.74) is 13.3. The first kappa shape index (κ1) is 35.9. The van der Waals surface area contributed by atoms with Gasteiger partial charge in [0.1, 0.15) is 0 Å². The van der Waals surface area contributed by atoms with Crippen molar-refractivity contribution < 1.29 is 0 Å². The van der Waals surface area contributed by atoms with Gasteiger partial charge in [-0.05, 0) is 95.9 Å². The molecule has 1 aliphatic rings. The van der Waals surface area contributed by atoms with Crippen LogP contribution in [0.15, 0.2) is 218 Å². The highest BCUT2D eigenvalue weighted by atomic mass is 15.0. The highest BCUT2D eigenvalue weighted by Crippen LogP contribution is 2.56. The third-order valence-corrected chi connectivity index (χ3v) is 12.9. The SMILES string of the molecule is Cc1ccc2c(-c3ccc(-c4nc(-c5ccc6c(c5)C(c5ccccc5)(c5ccccc5)c5ccccc5-6)nc(-c5cc6ccccc6c6ccccc56)n4)cc3)cccc2c1.